The Morgan fingerprint density at radius 1 is 1.00 bits per heavy atom. The number of para-hydroxylation sites is 1. The molecule has 0 bridgehead atoms. The summed E-state index contributed by atoms with van der Waals surface area (Å²) in [4.78, 5) is 2.21. The molecule has 1 unspecified atom stereocenters. The summed E-state index contributed by atoms with van der Waals surface area (Å²) in [6.45, 7) is 4.81. The van der Waals surface area contributed by atoms with Crippen LogP contribution in [0, 0.1) is 0 Å². The molecule has 0 saturated heterocycles. The number of benzene rings is 2. The second kappa shape index (κ2) is 7.49. The molecular formula is C18H25N4P. The third-order valence-electron chi connectivity index (χ3n) is 3.80. The van der Waals surface area contributed by atoms with Gasteiger partial charge in [0, 0.05) is 30.4 Å². The number of nitrogens with two attached hydrogens (primary N) is 2. The van der Waals surface area contributed by atoms with E-state index in [2.05, 4.69) is 39.5 Å². The summed E-state index contributed by atoms with van der Waals surface area (Å²) in [5, 5.41) is 0. The van der Waals surface area contributed by atoms with Crippen molar-refractivity contribution in [3.05, 3.63) is 65.2 Å². The van der Waals surface area contributed by atoms with Gasteiger partial charge in [0.15, 0.2) is 0 Å². The summed E-state index contributed by atoms with van der Waals surface area (Å²) in [7, 11) is 4.57. The van der Waals surface area contributed by atoms with E-state index in [1.807, 2.05) is 44.2 Å². The number of fused-ring (bicyclic) bond motifs is 2. The van der Waals surface area contributed by atoms with Crippen LogP contribution in [0.15, 0.2) is 48.5 Å². The van der Waals surface area contributed by atoms with Gasteiger partial charge in [0.05, 0.1) is 11.4 Å². The monoisotopic (exact) mass is 328 g/mol. The molecule has 0 fully saturated rings. The first-order chi connectivity index (χ1) is 11.1. The van der Waals surface area contributed by atoms with Crippen LogP contribution in [0.2, 0.25) is 0 Å². The normalized spacial score (nSPS) is 16.3. The van der Waals surface area contributed by atoms with Crippen LogP contribution in [0.3, 0.4) is 0 Å². The zero-order valence-corrected chi connectivity index (χ0v) is 15.1. The molecule has 0 spiro atoms. The van der Waals surface area contributed by atoms with Crippen LogP contribution in [0.5, 0.6) is 0 Å². The summed E-state index contributed by atoms with van der Waals surface area (Å²) >= 11 is 0. The molecule has 0 aliphatic carbocycles. The van der Waals surface area contributed by atoms with Gasteiger partial charge in [-0.1, -0.05) is 56.3 Å². The predicted octanol–water partition coefficient (Wildman–Crippen LogP) is 3.41. The van der Waals surface area contributed by atoms with E-state index in [9.17, 15) is 0 Å². The largest absolute Gasteiger partial charge is 0.396 e. The van der Waals surface area contributed by atoms with Crippen LogP contribution in [0.4, 0.5) is 5.69 Å². The maximum absolute atomic E-state index is 6.46. The quantitative estimate of drug-likeness (QED) is 0.478. The Hall–Kier alpha value is -2.03. The smallest absolute Gasteiger partial charge is 0.0864 e. The Morgan fingerprint density at radius 3 is 2.22 bits per heavy atom. The van der Waals surface area contributed by atoms with E-state index in [-0.39, 0.29) is 0 Å². The first-order valence-electron chi connectivity index (χ1n) is 7.77. The zero-order valence-electron chi connectivity index (χ0n) is 14.0. The van der Waals surface area contributed by atoms with Crippen molar-refractivity contribution in [3.63, 3.8) is 0 Å². The van der Waals surface area contributed by atoms with Crippen molar-refractivity contribution in [1.82, 2.24) is 4.78 Å². The van der Waals surface area contributed by atoms with Crippen LogP contribution >= 0.6 is 9.39 Å². The Balaban J connectivity index is 0.000000924. The molecule has 0 radical (unpaired) electrons. The maximum atomic E-state index is 6.46. The highest BCUT2D eigenvalue weighted by molar-refractivity contribution is 7.14. The van der Waals surface area contributed by atoms with E-state index in [1.54, 1.807) is 0 Å². The molecule has 1 aliphatic rings. The lowest BCUT2D eigenvalue weighted by Gasteiger charge is -2.30. The SMILES string of the molecule is CC.CN1Cc2ccccc2/C(N(N)P)=C(/N)c2ccccc21. The summed E-state index contributed by atoms with van der Waals surface area (Å²) in [5.41, 5.74) is 12.3. The van der Waals surface area contributed by atoms with E-state index in [1.165, 1.54) is 10.3 Å². The number of hydrogen-bond acceptors (Lipinski definition) is 4. The molecule has 0 saturated carbocycles. The van der Waals surface area contributed by atoms with E-state index < -0.39 is 0 Å². The molecule has 1 atom stereocenters. The van der Waals surface area contributed by atoms with E-state index in [4.69, 9.17) is 11.6 Å². The van der Waals surface area contributed by atoms with E-state index in [0.717, 1.165) is 29.1 Å². The minimum Gasteiger partial charge on any atom is -0.396 e. The number of nitrogens with zero attached hydrogens (tertiary/aromatic N) is 2. The predicted molar refractivity (Wildman–Crippen MR) is 103 cm³/mol. The van der Waals surface area contributed by atoms with E-state index in [0.29, 0.717) is 5.70 Å². The Morgan fingerprint density at radius 2 is 1.57 bits per heavy atom. The molecule has 3 rings (SSSR count). The second-order valence-corrected chi connectivity index (χ2v) is 5.76. The second-order valence-electron chi connectivity index (χ2n) is 5.20. The highest BCUT2D eigenvalue weighted by atomic mass is 31.0. The van der Waals surface area contributed by atoms with Gasteiger partial charge in [0.1, 0.15) is 0 Å². The average Bonchev–Trinajstić information content (AvgIpc) is 2.57. The third-order valence-corrected chi connectivity index (χ3v) is 4.06. The summed E-state index contributed by atoms with van der Waals surface area (Å²) in [6, 6.07) is 16.3. The highest BCUT2D eigenvalue weighted by Crippen LogP contribution is 2.36. The van der Waals surface area contributed by atoms with Gasteiger partial charge in [0.2, 0.25) is 0 Å². The standard InChI is InChI=1S/C16H19N4P.C2H6/c1-19-10-11-6-2-3-7-12(11)16(20(18)21)15(17)13-8-4-5-9-14(13)19;1-2/h2-9H,10,17-18,21H2,1H3;1-2H3/b16-15-;. The van der Waals surface area contributed by atoms with Crippen molar-refractivity contribution >= 4 is 26.5 Å². The van der Waals surface area contributed by atoms with Gasteiger partial charge in [-0.2, -0.15) is 0 Å². The minimum atomic E-state index is 0.683. The first-order valence-corrected chi connectivity index (χ1v) is 8.29. The van der Waals surface area contributed by atoms with Crippen LogP contribution in [0.25, 0.3) is 11.4 Å². The average molecular weight is 328 g/mol. The summed E-state index contributed by atoms with van der Waals surface area (Å²) < 4.78 is 1.52. The molecule has 0 amide bonds. The molecule has 1 heterocycles. The van der Waals surface area contributed by atoms with E-state index >= 15 is 0 Å². The van der Waals surface area contributed by atoms with Crippen molar-refractivity contribution in [2.24, 2.45) is 11.6 Å². The number of rotatable bonds is 1. The molecule has 0 aromatic heterocycles. The Bertz CT molecular complexity index is 710. The molecule has 4 nitrogen and oxygen atoms in total. The number of hydrazine groups is 1. The summed E-state index contributed by atoms with van der Waals surface area (Å²) in [5.74, 6) is 6.03. The van der Waals surface area contributed by atoms with Crippen LogP contribution in [-0.2, 0) is 6.54 Å². The molecule has 2 aromatic carbocycles. The van der Waals surface area contributed by atoms with Gasteiger partial charge in [-0.05, 0) is 21.0 Å². The fraction of sp³-hybridized carbons (Fsp3) is 0.222. The Kier molecular flexibility index (Phi) is 5.64. The molecule has 4 N–H and O–H groups in total. The molecule has 2 aromatic rings. The number of hydrogen-bond donors (Lipinski definition) is 2. The zero-order chi connectivity index (χ0) is 17.0. The van der Waals surface area contributed by atoms with Gasteiger partial charge in [-0.3, -0.25) is 4.78 Å². The van der Waals surface area contributed by atoms with Crippen molar-refractivity contribution in [2.45, 2.75) is 20.4 Å². The fourth-order valence-corrected chi connectivity index (χ4v) is 3.09. The lowest BCUT2D eigenvalue weighted by atomic mass is 9.97. The van der Waals surface area contributed by atoms with Crippen LogP contribution < -0.4 is 16.5 Å². The number of anilines is 1. The summed E-state index contributed by atoms with van der Waals surface area (Å²) in [6.07, 6.45) is 0. The molecule has 1 aliphatic heterocycles. The van der Waals surface area contributed by atoms with Crippen molar-refractivity contribution in [3.8, 4) is 0 Å². The molecule has 122 valence electrons. The van der Waals surface area contributed by atoms with Gasteiger partial charge >= 0.3 is 0 Å². The highest BCUT2D eigenvalue weighted by Gasteiger charge is 2.21. The van der Waals surface area contributed by atoms with Gasteiger partial charge in [-0.25, -0.2) is 5.84 Å². The first kappa shape index (κ1) is 17.3. The van der Waals surface area contributed by atoms with Crippen LogP contribution in [0.1, 0.15) is 30.5 Å². The minimum absolute atomic E-state index is 0.683. The lowest BCUT2D eigenvalue weighted by molar-refractivity contribution is 0.697. The lowest BCUT2D eigenvalue weighted by Crippen LogP contribution is -2.27. The Labute approximate surface area is 141 Å². The van der Waals surface area contributed by atoms with Crippen molar-refractivity contribution in [2.75, 3.05) is 11.9 Å². The topological polar surface area (TPSA) is 58.5 Å². The molecule has 23 heavy (non-hydrogen) atoms. The van der Waals surface area contributed by atoms with Crippen molar-refractivity contribution < 1.29 is 0 Å². The van der Waals surface area contributed by atoms with Gasteiger partial charge < -0.3 is 10.6 Å². The maximum Gasteiger partial charge on any atom is 0.0864 e. The van der Waals surface area contributed by atoms with Gasteiger partial charge in [0.25, 0.3) is 0 Å². The molecule has 5 heteroatoms. The fourth-order valence-electron chi connectivity index (χ4n) is 2.81. The van der Waals surface area contributed by atoms with Crippen LogP contribution in [-0.4, -0.2) is 11.8 Å². The third kappa shape index (κ3) is 3.34. The molecular weight excluding hydrogens is 303 g/mol. The van der Waals surface area contributed by atoms with Gasteiger partial charge in [-0.15, -0.1) is 0 Å². The van der Waals surface area contributed by atoms with Crippen molar-refractivity contribution in [1.29, 1.82) is 0 Å².